The van der Waals surface area contributed by atoms with Crippen LogP contribution in [0.3, 0.4) is 0 Å². The van der Waals surface area contributed by atoms with Crippen LogP contribution in [0.15, 0.2) is 78.9 Å². The van der Waals surface area contributed by atoms with Crippen LogP contribution >= 0.6 is 12.6 Å². The summed E-state index contributed by atoms with van der Waals surface area (Å²) < 4.78 is 0. The molecule has 0 amide bonds. The molecule has 29 heavy (non-hydrogen) atoms. The highest BCUT2D eigenvalue weighted by molar-refractivity contribution is 7.84. The average molecular weight is 404 g/mol. The molecule has 0 unspecified atom stereocenters. The Morgan fingerprint density at radius 3 is 2.34 bits per heavy atom. The molecule has 1 nitrogen and oxygen atoms in total. The minimum atomic E-state index is 0.662. The summed E-state index contributed by atoms with van der Waals surface area (Å²) in [5, 5.41) is 3.08. The van der Waals surface area contributed by atoms with Crippen molar-refractivity contribution in [3.05, 3.63) is 95.5 Å². The number of nitrogens with zero attached hydrogens (tertiary/aromatic N) is 1. The molecule has 152 valence electrons. The molecule has 2 heteroatoms. The highest BCUT2D eigenvalue weighted by atomic mass is 32.1. The van der Waals surface area contributed by atoms with Gasteiger partial charge in [0.2, 0.25) is 0 Å². The molecule has 3 aromatic carbocycles. The fraction of sp³-hybridized carbons (Fsp3) is 0.259. The van der Waals surface area contributed by atoms with E-state index in [9.17, 15) is 0 Å². The summed E-state index contributed by atoms with van der Waals surface area (Å²) in [5.74, 6) is 0. The van der Waals surface area contributed by atoms with Gasteiger partial charge < -0.3 is 4.90 Å². The molecule has 0 aliphatic heterocycles. The fourth-order valence-electron chi connectivity index (χ4n) is 3.49. The van der Waals surface area contributed by atoms with Crippen molar-refractivity contribution in [2.75, 3.05) is 4.90 Å². The van der Waals surface area contributed by atoms with Crippen molar-refractivity contribution in [3.8, 4) is 0 Å². The molecule has 0 aromatic heterocycles. The zero-order valence-electron chi connectivity index (χ0n) is 18.2. The molecule has 0 fully saturated rings. The normalized spacial score (nSPS) is 10.2. The first kappa shape index (κ1) is 22.8. The molecule has 0 spiro atoms. The predicted octanol–water partition coefficient (Wildman–Crippen LogP) is 8.40. The number of rotatable bonds is 7. The van der Waals surface area contributed by atoms with E-state index in [1.54, 1.807) is 0 Å². The van der Waals surface area contributed by atoms with Crippen LogP contribution in [0.1, 0.15) is 50.3 Å². The Hall–Kier alpha value is -2.45. The van der Waals surface area contributed by atoms with Crippen LogP contribution in [0.4, 0.5) is 5.69 Å². The number of fused-ring (bicyclic) bond motifs is 1. The Bertz CT molecular complexity index is 987. The molecule has 0 saturated carbocycles. The van der Waals surface area contributed by atoms with Gasteiger partial charge in [-0.3, -0.25) is 0 Å². The first-order valence-electron chi connectivity index (χ1n) is 10.5. The van der Waals surface area contributed by atoms with Crippen LogP contribution in [0.25, 0.3) is 16.5 Å². The van der Waals surface area contributed by atoms with Crippen LogP contribution in [0, 0.1) is 6.92 Å². The number of hydrogen-bond acceptors (Lipinski definition) is 2. The molecule has 0 atom stereocenters. The molecule has 0 bridgehead atoms. The summed E-state index contributed by atoms with van der Waals surface area (Å²) >= 11 is 4.61. The fourth-order valence-corrected chi connectivity index (χ4v) is 3.72. The number of unbranched alkanes of at least 4 members (excludes halogenated alkanes) is 1. The SMILES string of the molecule is C=C(S)N(C(=C)c1ccccc1C)c1cccc2ccc(CCCC)cc12.CC. The Kier molecular flexibility index (Phi) is 8.60. The lowest BCUT2D eigenvalue weighted by molar-refractivity contribution is 0.796. The molecule has 0 N–H and O–H groups in total. The average Bonchev–Trinajstić information content (AvgIpc) is 2.74. The zero-order valence-corrected chi connectivity index (χ0v) is 19.1. The van der Waals surface area contributed by atoms with E-state index in [2.05, 4.69) is 93.1 Å². The minimum Gasteiger partial charge on any atom is -0.305 e. The van der Waals surface area contributed by atoms with E-state index >= 15 is 0 Å². The molecule has 0 radical (unpaired) electrons. The van der Waals surface area contributed by atoms with Crippen LogP contribution in [-0.2, 0) is 6.42 Å². The van der Waals surface area contributed by atoms with Crippen molar-refractivity contribution >= 4 is 34.8 Å². The van der Waals surface area contributed by atoms with Crippen molar-refractivity contribution in [2.45, 2.75) is 47.0 Å². The Morgan fingerprint density at radius 1 is 0.966 bits per heavy atom. The molecule has 3 rings (SSSR count). The van der Waals surface area contributed by atoms with Crippen LogP contribution in [0.5, 0.6) is 0 Å². The summed E-state index contributed by atoms with van der Waals surface area (Å²) in [5.41, 5.74) is 5.61. The maximum absolute atomic E-state index is 4.61. The highest BCUT2D eigenvalue weighted by Crippen LogP contribution is 2.36. The second-order valence-corrected chi connectivity index (χ2v) is 7.47. The predicted molar refractivity (Wildman–Crippen MR) is 135 cm³/mol. The summed E-state index contributed by atoms with van der Waals surface area (Å²) in [7, 11) is 0. The van der Waals surface area contributed by atoms with Gasteiger partial charge in [0.1, 0.15) is 0 Å². The highest BCUT2D eigenvalue weighted by Gasteiger charge is 2.17. The molecule has 0 aliphatic rings. The molecular weight excluding hydrogens is 370 g/mol. The van der Waals surface area contributed by atoms with Crippen molar-refractivity contribution in [2.24, 2.45) is 0 Å². The molecule has 0 aliphatic carbocycles. The quantitative estimate of drug-likeness (QED) is 0.388. The molecule has 0 saturated heterocycles. The summed E-state index contributed by atoms with van der Waals surface area (Å²) in [6.45, 7) is 16.8. The molecule has 0 heterocycles. The Labute approximate surface area is 182 Å². The standard InChI is InChI=1S/C25H27NS.C2H6/c1-5-6-11-21-15-16-22-12-9-14-25(24(22)17-21)26(20(4)27)19(3)23-13-8-7-10-18(23)2;1-2/h7-10,12-17,27H,3-6,11H2,1-2H3;1-2H3. The molecule has 3 aromatic rings. The van der Waals surface area contributed by atoms with E-state index in [1.165, 1.54) is 34.7 Å². The Balaban J connectivity index is 0.00000145. The first-order chi connectivity index (χ1) is 14.0. The minimum absolute atomic E-state index is 0.662. The lowest BCUT2D eigenvalue weighted by Gasteiger charge is -2.28. The summed E-state index contributed by atoms with van der Waals surface area (Å²) in [4.78, 5) is 2.05. The zero-order chi connectivity index (χ0) is 21.4. The van der Waals surface area contributed by atoms with Crippen LogP contribution in [0.2, 0.25) is 0 Å². The van der Waals surface area contributed by atoms with Gasteiger partial charge in [0, 0.05) is 16.6 Å². The summed E-state index contributed by atoms with van der Waals surface area (Å²) in [6, 6.07) is 21.4. The van der Waals surface area contributed by atoms with Crippen LogP contribution < -0.4 is 4.90 Å². The van der Waals surface area contributed by atoms with E-state index in [1.807, 2.05) is 26.0 Å². The second kappa shape index (κ2) is 10.9. The van der Waals surface area contributed by atoms with E-state index in [-0.39, 0.29) is 0 Å². The maximum Gasteiger partial charge on any atom is 0.0695 e. The van der Waals surface area contributed by atoms with Crippen LogP contribution in [-0.4, -0.2) is 0 Å². The van der Waals surface area contributed by atoms with Gasteiger partial charge in [0.05, 0.1) is 10.7 Å². The van der Waals surface area contributed by atoms with Gasteiger partial charge >= 0.3 is 0 Å². The topological polar surface area (TPSA) is 3.24 Å². The number of aryl methyl sites for hydroxylation is 2. The van der Waals surface area contributed by atoms with Gasteiger partial charge in [0.15, 0.2) is 0 Å². The van der Waals surface area contributed by atoms with E-state index < -0.39 is 0 Å². The number of hydrogen-bond donors (Lipinski definition) is 1. The van der Waals surface area contributed by atoms with Crippen molar-refractivity contribution in [1.29, 1.82) is 0 Å². The second-order valence-electron chi connectivity index (χ2n) is 6.95. The van der Waals surface area contributed by atoms with E-state index in [4.69, 9.17) is 0 Å². The van der Waals surface area contributed by atoms with Gasteiger partial charge in [-0.05, 0) is 48.4 Å². The van der Waals surface area contributed by atoms with Crippen molar-refractivity contribution in [3.63, 3.8) is 0 Å². The van der Waals surface area contributed by atoms with Gasteiger partial charge in [-0.15, -0.1) is 12.6 Å². The Morgan fingerprint density at radius 2 is 1.69 bits per heavy atom. The third-order valence-electron chi connectivity index (χ3n) is 4.97. The monoisotopic (exact) mass is 403 g/mol. The molecular formula is C27H33NS. The van der Waals surface area contributed by atoms with Gasteiger partial charge in [-0.1, -0.05) is 88.9 Å². The number of benzene rings is 3. The maximum atomic E-state index is 4.61. The van der Waals surface area contributed by atoms with E-state index in [0.717, 1.165) is 23.4 Å². The third-order valence-corrected chi connectivity index (χ3v) is 5.17. The van der Waals surface area contributed by atoms with Gasteiger partial charge in [-0.2, -0.15) is 0 Å². The summed E-state index contributed by atoms with van der Waals surface area (Å²) in [6.07, 6.45) is 3.50. The lowest BCUT2D eigenvalue weighted by Crippen LogP contribution is -2.18. The number of thiol groups is 1. The van der Waals surface area contributed by atoms with E-state index in [0.29, 0.717) is 5.03 Å². The van der Waals surface area contributed by atoms with Gasteiger partial charge in [-0.25, -0.2) is 0 Å². The smallest absolute Gasteiger partial charge is 0.0695 e. The van der Waals surface area contributed by atoms with Crippen molar-refractivity contribution in [1.82, 2.24) is 0 Å². The van der Waals surface area contributed by atoms with Crippen molar-refractivity contribution < 1.29 is 0 Å². The lowest BCUT2D eigenvalue weighted by atomic mass is 10.0. The van der Waals surface area contributed by atoms with Gasteiger partial charge in [0.25, 0.3) is 0 Å². The number of anilines is 1. The third kappa shape index (κ3) is 5.33. The first-order valence-corrected chi connectivity index (χ1v) is 10.9. The largest absolute Gasteiger partial charge is 0.305 e.